The summed E-state index contributed by atoms with van der Waals surface area (Å²) in [6.45, 7) is 1.93. The maximum atomic E-state index is 10.6. The van der Waals surface area contributed by atoms with Gasteiger partial charge < -0.3 is 4.79 Å². The second-order valence-corrected chi connectivity index (χ2v) is 3.03. The van der Waals surface area contributed by atoms with E-state index >= 15 is 0 Å². The topological polar surface area (TPSA) is 44.4 Å². The first-order chi connectivity index (χ1) is 5.88. The Bertz CT molecular complexity index is 132. The monoisotopic (exact) mass is 171 g/mol. The molecule has 0 radical (unpaired) electrons. The maximum Gasteiger partial charge on any atom is 0.152 e. The molecule has 2 N–H and O–H groups in total. The second kappa shape index (κ2) is 5.24. The largest absolute Gasteiger partial charge is 0.300 e. The molecule has 0 spiro atoms. The SMILES string of the molecule is CNC(C=O)N1CCCCCN1. The molecule has 0 aromatic heterocycles. The van der Waals surface area contributed by atoms with Crippen LogP contribution in [0.1, 0.15) is 19.3 Å². The molecule has 0 aromatic rings. The van der Waals surface area contributed by atoms with Gasteiger partial charge >= 0.3 is 0 Å². The first-order valence-electron chi connectivity index (χ1n) is 4.51. The van der Waals surface area contributed by atoms with Crippen molar-refractivity contribution in [2.45, 2.75) is 25.4 Å². The Morgan fingerprint density at radius 2 is 2.33 bits per heavy atom. The van der Waals surface area contributed by atoms with Gasteiger partial charge in [0, 0.05) is 13.1 Å². The van der Waals surface area contributed by atoms with Crippen LogP contribution in [0.3, 0.4) is 0 Å². The molecule has 1 heterocycles. The standard InChI is InChI=1S/C8H17N3O/c1-9-8(7-12)11-6-4-2-3-5-10-11/h7-10H,2-6H2,1H3. The van der Waals surface area contributed by atoms with E-state index in [-0.39, 0.29) is 6.17 Å². The fourth-order valence-corrected chi connectivity index (χ4v) is 1.42. The number of carbonyl (C=O) groups excluding carboxylic acids is 1. The molecule has 0 aliphatic carbocycles. The molecule has 0 aromatic carbocycles. The normalized spacial score (nSPS) is 23.1. The highest BCUT2D eigenvalue weighted by atomic mass is 16.1. The Hall–Kier alpha value is -0.450. The quantitative estimate of drug-likeness (QED) is 0.573. The first-order valence-corrected chi connectivity index (χ1v) is 4.51. The van der Waals surface area contributed by atoms with Crippen LogP contribution in [0.5, 0.6) is 0 Å². The lowest BCUT2D eigenvalue weighted by atomic mass is 10.2. The molecule has 1 unspecified atom stereocenters. The van der Waals surface area contributed by atoms with Gasteiger partial charge in [-0.2, -0.15) is 0 Å². The summed E-state index contributed by atoms with van der Waals surface area (Å²) in [6, 6.07) is 0. The molecule has 1 saturated heterocycles. The van der Waals surface area contributed by atoms with Crippen LogP contribution in [0.15, 0.2) is 0 Å². The van der Waals surface area contributed by atoms with Gasteiger partial charge in [-0.1, -0.05) is 6.42 Å². The summed E-state index contributed by atoms with van der Waals surface area (Å²) in [4.78, 5) is 10.6. The summed E-state index contributed by atoms with van der Waals surface area (Å²) in [5.74, 6) is 0. The van der Waals surface area contributed by atoms with Crippen molar-refractivity contribution in [1.82, 2.24) is 15.8 Å². The Labute approximate surface area is 73.3 Å². The minimum atomic E-state index is -0.178. The van der Waals surface area contributed by atoms with Gasteiger partial charge in [0.1, 0.15) is 6.17 Å². The molecule has 4 nitrogen and oxygen atoms in total. The van der Waals surface area contributed by atoms with Gasteiger partial charge in [-0.25, -0.2) is 5.01 Å². The Morgan fingerprint density at radius 3 is 3.00 bits per heavy atom. The highest BCUT2D eigenvalue weighted by Gasteiger charge is 2.16. The summed E-state index contributed by atoms with van der Waals surface area (Å²) >= 11 is 0. The van der Waals surface area contributed by atoms with Crippen molar-refractivity contribution in [1.29, 1.82) is 0 Å². The van der Waals surface area contributed by atoms with E-state index in [9.17, 15) is 4.79 Å². The number of nitrogens with zero attached hydrogens (tertiary/aromatic N) is 1. The summed E-state index contributed by atoms with van der Waals surface area (Å²) in [7, 11) is 1.80. The van der Waals surface area contributed by atoms with Crippen LogP contribution in [-0.2, 0) is 4.79 Å². The third kappa shape index (κ3) is 2.55. The smallest absolute Gasteiger partial charge is 0.152 e. The molecule has 1 aliphatic rings. The maximum absolute atomic E-state index is 10.6. The van der Waals surface area contributed by atoms with Gasteiger partial charge in [0.05, 0.1) is 0 Å². The van der Waals surface area contributed by atoms with Gasteiger partial charge in [-0.3, -0.25) is 10.7 Å². The number of hydrogen-bond acceptors (Lipinski definition) is 4. The predicted molar refractivity (Wildman–Crippen MR) is 47.5 cm³/mol. The number of likely N-dealkylation sites (N-methyl/N-ethyl adjacent to an activating group) is 1. The summed E-state index contributed by atoms with van der Waals surface area (Å²) < 4.78 is 0. The van der Waals surface area contributed by atoms with Crippen LogP contribution in [0.4, 0.5) is 0 Å². The fourth-order valence-electron chi connectivity index (χ4n) is 1.42. The molecule has 1 rings (SSSR count). The highest BCUT2D eigenvalue weighted by molar-refractivity contribution is 5.56. The van der Waals surface area contributed by atoms with Crippen molar-refractivity contribution in [3.63, 3.8) is 0 Å². The van der Waals surface area contributed by atoms with E-state index < -0.39 is 0 Å². The van der Waals surface area contributed by atoms with E-state index in [1.807, 2.05) is 5.01 Å². The van der Waals surface area contributed by atoms with E-state index in [0.717, 1.165) is 19.4 Å². The molecule has 70 valence electrons. The molecule has 12 heavy (non-hydrogen) atoms. The zero-order valence-corrected chi connectivity index (χ0v) is 7.55. The fraction of sp³-hybridized carbons (Fsp3) is 0.875. The molecule has 1 atom stereocenters. The van der Waals surface area contributed by atoms with Crippen molar-refractivity contribution in [2.75, 3.05) is 20.1 Å². The highest BCUT2D eigenvalue weighted by Crippen LogP contribution is 2.03. The van der Waals surface area contributed by atoms with Gasteiger partial charge in [0.25, 0.3) is 0 Å². The number of aldehydes is 1. The minimum absolute atomic E-state index is 0.178. The third-order valence-corrected chi connectivity index (χ3v) is 2.15. The van der Waals surface area contributed by atoms with Crippen molar-refractivity contribution in [2.24, 2.45) is 0 Å². The van der Waals surface area contributed by atoms with Crippen molar-refractivity contribution >= 4 is 6.29 Å². The van der Waals surface area contributed by atoms with Gasteiger partial charge in [-0.05, 0) is 19.9 Å². The lowest BCUT2D eigenvalue weighted by molar-refractivity contribution is -0.114. The van der Waals surface area contributed by atoms with E-state index in [1.54, 1.807) is 7.05 Å². The Morgan fingerprint density at radius 1 is 1.50 bits per heavy atom. The summed E-state index contributed by atoms with van der Waals surface area (Å²) in [5.41, 5.74) is 3.22. The number of hydrogen-bond donors (Lipinski definition) is 2. The lowest BCUT2D eigenvalue weighted by Crippen LogP contribution is -2.52. The van der Waals surface area contributed by atoms with Crippen LogP contribution in [0, 0.1) is 0 Å². The van der Waals surface area contributed by atoms with E-state index in [1.165, 1.54) is 19.3 Å². The first kappa shape index (κ1) is 9.64. The van der Waals surface area contributed by atoms with Crippen LogP contribution >= 0.6 is 0 Å². The summed E-state index contributed by atoms with van der Waals surface area (Å²) in [6.07, 6.45) is 4.37. The Kier molecular flexibility index (Phi) is 4.21. The van der Waals surface area contributed by atoms with Crippen LogP contribution in [-0.4, -0.2) is 37.6 Å². The van der Waals surface area contributed by atoms with E-state index in [4.69, 9.17) is 0 Å². The van der Waals surface area contributed by atoms with E-state index in [0.29, 0.717) is 0 Å². The zero-order chi connectivity index (χ0) is 8.81. The Balaban J connectivity index is 2.40. The third-order valence-electron chi connectivity index (χ3n) is 2.15. The number of nitrogens with one attached hydrogen (secondary N) is 2. The molecule has 4 heteroatoms. The number of hydrazine groups is 1. The molecule has 0 saturated carbocycles. The van der Waals surface area contributed by atoms with Gasteiger partial charge in [0.15, 0.2) is 6.29 Å². The van der Waals surface area contributed by atoms with Gasteiger partial charge in [-0.15, -0.1) is 0 Å². The van der Waals surface area contributed by atoms with Crippen molar-refractivity contribution in [3.8, 4) is 0 Å². The average molecular weight is 171 g/mol. The lowest BCUT2D eigenvalue weighted by Gasteiger charge is -2.26. The molecule has 1 aliphatic heterocycles. The predicted octanol–water partition coefficient (Wildman–Crippen LogP) is -0.279. The van der Waals surface area contributed by atoms with Gasteiger partial charge in [0.2, 0.25) is 0 Å². The van der Waals surface area contributed by atoms with Crippen molar-refractivity contribution in [3.05, 3.63) is 0 Å². The number of carbonyl (C=O) groups is 1. The van der Waals surface area contributed by atoms with E-state index in [2.05, 4.69) is 10.7 Å². The van der Waals surface area contributed by atoms with Crippen LogP contribution in [0.25, 0.3) is 0 Å². The molecule has 1 fully saturated rings. The summed E-state index contributed by atoms with van der Waals surface area (Å²) in [5, 5.41) is 4.92. The molecule has 0 amide bonds. The zero-order valence-electron chi connectivity index (χ0n) is 7.55. The van der Waals surface area contributed by atoms with Crippen LogP contribution < -0.4 is 10.7 Å². The average Bonchev–Trinajstić information content (AvgIpc) is 2.35. The number of rotatable bonds is 3. The molecular formula is C8H17N3O. The molecular weight excluding hydrogens is 154 g/mol. The second-order valence-electron chi connectivity index (χ2n) is 3.03. The molecule has 0 bridgehead atoms. The minimum Gasteiger partial charge on any atom is -0.300 e. The van der Waals surface area contributed by atoms with Crippen LogP contribution in [0.2, 0.25) is 0 Å². The van der Waals surface area contributed by atoms with Crippen molar-refractivity contribution < 1.29 is 4.79 Å².